The predicted octanol–water partition coefficient (Wildman–Crippen LogP) is 3.30. The summed E-state index contributed by atoms with van der Waals surface area (Å²) in [7, 11) is 0. The van der Waals surface area contributed by atoms with Gasteiger partial charge in [0.05, 0.1) is 5.69 Å². The van der Waals surface area contributed by atoms with Crippen LogP contribution in [0.25, 0.3) is 11.3 Å². The topological polar surface area (TPSA) is 68.2 Å². The Morgan fingerprint density at radius 3 is 2.83 bits per heavy atom. The number of ether oxygens (including phenoxy) is 1. The van der Waals surface area contributed by atoms with Gasteiger partial charge in [-0.15, -0.1) is 16.8 Å². The first kappa shape index (κ1) is 16.4. The minimum absolute atomic E-state index is 0.116. The number of hydrogen-bond donors (Lipinski definition) is 0. The lowest BCUT2D eigenvalue weighted by molar-refractivity contribution is -0.119. The number of carbonyl (C=O) groups is 1. The maximum atomic E-state index is 12.3. The second kappa shape index (κ2) is 6.24. The van der Waals surface area contributed by atoms with E-state index in [9.17, 15) is 4.79 Å². The zero-order chi connectivity index (χ0) is 17.3. The summed E-state index contributed by atoms with van der Waals surface area (Å²) in [6, 6.07) is 7.53. The minimum atomic E-state index is -0.899. The van der Waals surface area contributed by atoms with Crippen LogP contribution in [0.5, 0.6) is 5.88 Å². The molecule has 0 radical (unpaired) electrons. The van der Waals surface area contributed by atoms with Crippen LogP contribution in [0.4, 0.5) is 5.69 Å². The number of anilines is 1. The number of amides is 1. The van der Waals surface area contributed by atoms with Crippen molar-refractivity contribution in [1.29, 1.82) is 0 Å². The summed E-state index contributed by atoms with van der Waals surface area (Å²) in [5.41, 5.74) is 1.14. The number of para-hydroxylation sites is 1. The van der Waals surface area contributed by atoms with Crippen molar-refractivity contribution in [2.75, 3.05) is 10.7 Å². The van der Waals surface area contributed by atoms with Crippen molar-refractivity contribution in [2.24, 2.45) is 0 Å². The fourth-order valence-electron chi connectivity index (χ4n) is 2.72. The van der Waals surface area contributed by atoms with Crippen molar-refractivity contribution in [3.63, 3.8) is 0 Å². The Morgan fingerprint density at radius 1 is 1.38 bits per heavy atom. The highest BCUT2D eigenvalue weighted by Gasteiger charge is 2.38. The maximum absolute atomic E-state index is 12.3. The fourth-order valence-corrected chi connectivity index (χ4v) is 3.24. The second-order valence-corrected chi connectivity index (χ2v) is 6.76. The van der Waals surface area contributed by atoms with Crippen LogP contribution in [-0.4, -0.2) is 32.6 Å². The highest BCUT2D eigenvalue weighted by molar-refractivity contribution is 7.99. The van der Waals surface area contributed by atoms with Gasteiger partial charge in [0.2, 0.25) is 16.9 Å². The Balaban J connectivity index is 2.19. The van der Waals surface area contributed by atoms with Crippen molar-refractivity contribution in [3.8, 4) is 17.1 Å². The van der Waals surface area contributed by atoms with Crippen LogP contribution in [0, 0.1) is 0 Å². The average Bonchev–Trinajstić information content (AvgIpc) is 2.62. The molecule has 0 unspecified atom stereocenters. The molecule has 7 heteroatoms. The van der Waals surface area contributed by atoms with Crippen LogP contribution in [0.15, 0.2) is 42.1 Å². The van der Waals surface area contributed by atoms with E-state index in [0.717, 1.165) is 11.3 Å². The summed E-state index contributed by atoms with van der Waals surface area (Å²) in [5, 5.41) is 8.97. The minimum Gasteiger partial charge on any atom is -0.449 e. The van der Waals surface area contributed by atoms with E-state index in [4.69, 9.17) is 4.74 Å². The molecule has 6 nitrogen and oxygen atoms in total. The van der Waals surface area contributed by atoms with Gasteiger partial charge in [-0.1, -0.05) is 36.0 Å². The maximum Gasteiger partial charge on any atom is 0.247 e. The summed E-state index contributed by atoms with van der Waals surface area (Å²) in [6.45, 7) is 8.87. The number of thioether (sulfide) groups is 1. The molecule has 124 valence electrons. The van der Waals surface area contributed by atoms with Gasteiger partial charge in [-0.3, -0.25) is 9.69 Å². The fraction of sp³-hybridized carbons (Fsp3) is 0.294. The van der Waals surface area contributed by atoms with Gasteiger partial charge in [0.25, 0.3) is 0 Å². The Bertz CT molecular complexity index is 807. The molecule has 1 aliphatic heterocycles. The first-order chi connectivity index (χ1) is 11.4. The summed E-state index contributed by atoms with van der Waals surface area (Å²) >= 11 is 1.43. The normalized spacial score (nSPS) is 14.9. The largest absolute Gasteiger partial charge is 0.449 e. The monoisotopic (exact) mass is 342 g/mol. The van der Waals surface area contributed by atoms with Crippen molar-refractivity contribution in [2.45, 2.75) is 31.7 Å². The van der Waals surface area contributed by atoms with Gasteiger partial charge in [0.15, 0.2) is 11.4 Å². The van der Waals surface area contributed by atoms with Crippen molar-refractivity contribution < 1.29 is 9.53 Å². The molecule has 0 spiro atoms. The van der Waals surface area contributed by atoms with Crippen LogP contribution < -0.4 is 9.64 Å². The molecule has 0 fully saturated rings. The number of aromatic nitrogens is 3. The predicted molar refractivity (Wildman–Crippen MR) is 94.1 cm³/mol. The van der Waals surface area contributed by atoms with E-state index in [2.05, 4.69) is 21.8 Å². The van der Waals surface area contributed by atoms with Crippen LogP contribution in [0.2, 0.25) is 0 Å². The van der Waals surface area contributed by atoms with Crippen LogP contribution in [0.3, 0.4) is 0 Å². The molecular formula is C17H18N4O2S. The quantitative estimate of drug-likeness (QED) is 0.630. The average molecular weight is 342 g/mol. The Morgan fingerprint density at radius 2 is 2.12 bits per heavy atom. The van der Waals surface area contributed by atoms with E-state index in [0.29, 0.717) is 22.5 Å². The first-order valence-corrected chi connectivity index (χ1v) is 8.50. The number of fused-ring (bicyclic) bond motifs is 3. The van der Waals surface area contributed by atoms with Gasteiger partial charge in [0, 0.05) is 18.2 Å². The summed E-state index contributed by atoms with van der Waals surface area (Å²) in [5.74, 6) is 0.937. The standard InChI is InChI=1S/C17H18N4O2S/c1-5-10-24-16-18-15-14(19-20-16)12-8-6-7-9-13(12)21(11(2)22)17(3,4)23-15/h5-9H,1,10H2,2-4H3. The third kappa shape index (κ3) is 2.87. The zero-order valence-corrected chi connectivity index (χ0v) is 14.6. The SMILES string of the molecule is C=CCSc1nnc2c(n1)OC(C)(C)N(C(C)=O)c1ccccc1-2. The molecule has 0 bridgehead atoms. The molecule has 0 saturated heterocycles. The molecule has 0 aliphatic carbocycles. The van der Waals surface area contributed by atoms with E-state index in [1.165, 1.54) is 18.7 Å². The van der Waals surface area contributed by atoms with E-state index in [-0.39, 0.29) is 5.91 Å². The van der Waals surface area contributed by atoms with Gasteiger partial charge in [0.1, 0.15) is 0 Å². The van der Waals surface area contributed by atoms with E-state index in [1.807, 2.05) is 38.1 Å². The molecule has 2 heterocycles. The molecule has 0 N–H and O–H groups in total. The lowest BCUT2D eigenvalue weighted by Gasteiger charge is -2.36. The van der Waals surface area contributed by atoms with Crippen molar-refractivity contribution in [3.05, 3.63) is 36.9 Å². The molecule has 1 aromatic carbocycles. The van der Waals surface area contributed by atoms with Gasteiger partial charge in [-0.05, 0) is 19.9 Å². The third-order valence-corrected chi connectivity index (χ3v) is 4.40. The van der Waals surface area contributed by atoms with E-state index >= 15 is 0 Å². The van der Waals surface area contributed by atoms with E-state index < -0.39 is 5.72 Å². The van der Waals surface area contributed by atoms with Crippen LogP contribution in [0.1, 0.15) is 20.8 Å². The van der Waals surface area contributed by atoms with Crippen molar-refractivity contribution >= 4 is 23.4 Å². The number of rotatable bonds is 3. The second-order valence-electron chi connectivity index (χ2n) is 5.77. The summed E-state index contributed by atoms with van der Waals surface area (Å²) in [4.78, 5) is 18.4. The zero-order valence-electron chi connectivity index (χ0n) is 13.8. The van der Waals surface area contributed by atoms with Crippen molar-refractivity contribution in [1.82, 2.24) is 15.2 Å². The Hall–Kier alpha value is -2.41. The molecule has 1 aromatic heterocycles. The number of nitrogens with zero attached hydrogens (tertiary/aromatic N) is 4. The molecule has 3 rings (SSSR count). The van der Waals surface area contributed by atoms with Gasteiger partial charge in [-0.25, -0.2) is 0 Å². The third-order valence-electron chi connectivity index (χ3n) is 3.57. The highest BCUT2D eigenvalue weighted by atomic mass is 32.2. The highest BCUT2D eigenvalue weighted by Crippen LogP contribution is 2.42. The van der Waals surface area contributed by atoms with E-state index in [1.54, 1.807) is 11.0 Å². The van der Waals surface area contributed by atoms with Crippen LogP contribution in [-0.2, 0) is 4.79 Å². The molecule has 24 heavy (non-hydrogen) atoms. The lowest BCUT2D eigenvalue weighted by Crippen LogP contribution is -2.51. The molecule has 1 amide bonds. The summed E-state index contributed by atoms with van der Waals surface area (Å²) in [6.07, 6.45) is 1.78. The lowest BCUT2D eigenvalue weighted by atomic mass is 10.1. The van der Waals surface area contributed by atoms with Gasteiger partial charge >= 0.3 is 0 Å². The first-order valence-electron chi connectivity index (χ1n) is 7.51. The van der Waals surface area contributed by atoms with Crippen LogP contribution >= 0.6 is 11.8 Å². The van der Waals surface area contributed by atoms with Gasteiger partial charge < -0.3 is 4.74 Å². The van der Waals surface area contributed by atoms with Gasteiger partial charge in [-0.2, -0.15) is 4.98 Å². The molecular weight excluding hydrogens is 324 g/mol. The number of carbonyl (C=O) groups excluding carboxylic acids is 1. The Labute approximate surface area is 144 Å². The molecule has 0 atom stereocenters. The smallest absolute Gasteiger partial charge is 0.247 e. The molecule has 0 saturated carbocycles. The number of benzene rings is 1. The number of hydrogen-bond acceptors (Lipinski definition) is 6. The summed E-state index contributed by atoms with van der Waals surface area (Å²) < 4.78 is 6.07. The molecule has 1 aliphatic rings. The molecule has 2 aromatic rings. The Kier molecular flexibility index (Phi) is 4.28.